The number of carbonyl (C=O) groups is 4. The lowest BCUT2D eigenvalue weighted by Crippen LogP contribution is -2.39. The Morgan fingerprint density at radius 3 is 2.00 bits per heavy atom. The van der Waals surface area contributed by atoms with Crippen molar-refractivity contribution in [3.63, 3.8) is 0 Å². The Hall–Kier alpha value is -3.92. The fourth-order valence-corrected chi connectivity index (χ4v) is 2.71. The van der Waals surface area contributed by atoms with Crippen molar-refractivity contribution < 1.29 is 42.9 Å². The maximum atomic E-state index is 12.4. The number of nitrogens with two attached hydrogens (primary N) is 1. The van der Waals surface area contributed by atoms with E-state index in [1.807, 2.05) is 0 Å². The Bertz CT molecular complexity index is 1020. The summed E-state index contributed by atoms with van der Waals surface area (Å²) in [5, 5.41) is 0. The minimum Gasteiger partial charge on any atom is -0.458 e. The molecule has 0 bridgehead atoms. The van der Waals surface area contributed by atoms with Crippen molar-refractivity contribution >= 4 is 24.1 Å². The summed E-state index contributed by atoms with van der Waals surface area (Å²) in [4.78, 5) is 46.9. The van der Waals surface area contributed by atoms with Crippen LogP contribution in [0.5, 0.6) is 17.2 Å². The normalized spacial score (nSPS) is 13.1. The van der Waals surface area contributed by atoms with E-state index in [4.69, 9.17) is 29.4 Å². The van der Waals surface area contributed by atoms with Crippen molar-refractivity contribution in [3.05, 3.63) is 54.1 Å². The molecule has 0 fully saturated rings. The van der Waals surface area contributed by atoms with Crippen LogP contribution in [0.1, 0.15) is 33.3 Å². The topological polar surface area (TPSA) is 140 Å². The average Bonchev–Trinajstić information content (AvgIpc) is 2.75. The smallest absolute Gasteiger partial charge is 0.458 e. The van der Waals surface area contributed by atoms with Gasteiger partial charge in [-0.2, -0.15) is 0 Å². The number of para-hydroxylation sites is 1. The molecule has 0 unspecified atom stereocenters. The van der Waals surface area contributed by atoms with Gasteiger partial charge in [0.2, 0.25) is 0 Å². The third-order valence-electron chi connectivity index (χ3n) is 4.46. The van der Waals surface area contributed by atoms with Crippen LogP contribution in [0.25, 0.3) is 0 Å². The molecule has 34 heavy (non-hydrogen) atoms. The van der Waals surface area contributed by atoms with Gasteiger partial charge in [0.25, 0.3) is 0 Å². The van der Waals surface area contributed by atoms with Gasteiger partial charge in [-0.25, -0.2) is 4.79 Å². The molecule has 0 saturated heterocycles. The van der Waals surface area contributed by atoms with Crippen LogP contribution in [0.15, 0.2) is 48.5 Å². The Kier molecular flexibility index (Phi) is 9.57. The first-order valence-electron chi connectivity index (χ1n) is 10.4. The third kappa shape index (κ3) is 8.55. The van der Waals surface area contributed by atoms with E-state index in [1.54, 1.807) is 50.2 Å². The van der Waals surface area contributed by atoms with Crippen LogP contribution < -0.4 is 19.9 Å². The zero-order valence-corrected chi connectivity index (χ0v) is 19.3. The van der Waals surface area contributed by atoms with Gasteiger partial charge < -0.3 is 29.4 Å². The maximum absolute atomic E-state index is 12.4. The molecule has 2 rings (SSSR count). The lowest BCUT2D eigenvalue weighted by atomic mass is 10.1. The molecule has 2 aromatic carbocycles. The van der Waals surface area contributed by atoms with Crippen molar-refractivity contribution in [2.75, 3.05) is 0 Å². The number of hydrogen-bond acceptors (Lipinski definition) is 10. The van der Waals surface area contributed by atoms with Crippen LogP contribution in [0.4, 0.5) is 4.79 Å². The van der Waals surface area contributed by atoms with E-state index in [-0.39, 0.29) is 17.9 Å². The van der Waals surface area contributed by atoms with Crippen LogP contribution >= 0.6 is 0 Å². The molecule has 0 spiro atoms. The second-order valence-corrected chi connectivity index (χ2v) is 7.41. The predicted octanol–water partition coefficient (Wildman–Crippen LogP) is 2.94. The predicted molar refractivity (Wildman–Crippen MR) is 119 cm³/mol. The summed E-state index contributed by atoms with van der Waals surface area (Å²) in [6.45, 7) is 5.52. The molecule has 3 atom stereocenters. The highest BCUT2D eigenvalue weighted by molar-refractivity contribution is 5.76. The second-order valence-electron chi connectivity index (χ2n) is 7.41. The quantitative estimate of drug-likeness (QED) is 0.328. The number of carbonyl (C=O) groups excluding carboxylic acids is 4. The van der Waals surface area contributed by atoms with Crippen molar-refractivity contribution in [1.29, 1.82) is 0 Å². The molecule has 0 aromatic heterocycles. The summed E-state index contributed by atoms with van der Waals surface area (Å²) >= 11 is 0. The van der Waals surface area contributed by atoms with Gasteiger partial charge in [0.05, 0.1) is 0 Å². The van der Waals surface area contributed by atoms with E-state index in [1.165, 1.54) is 26.0 Å². The second kappa shape index (κ2) is 12.4. The summed E-state index contributed by atoms with van der Waals surface area (Å²) in [7, 11) is 0. The largest absolute Gasteiger partial charge is 0.514 e. The summed E-state index contributed by atoms with van der Waals surface area (Å²) in [5.41, 5.74) is 6.51. The average molecular weight is 473 g/mol. The first-order valence-corrected chi connectivity index (χ1v) is 10.4. The van der Waals surface area contributed by atoms with Gasteiger partial charge in [0.1, 0.15) is 24.0 Å². The Balaban J connectivity index is 1.93. The molecule has 10 nitrogen and oxygen atoms in total. The highest BCUT2D eigenvalue weighted by Crippen LogP contribution is 2.29. The molecule has 2 aromatic rings. The molecule has 0 radical (unpaired) electrons. The van der Waals surface area contributed by atoms with Crippen molar-refractivity contribution in [2.24, 2.45) is 5.73 Å². The van der Waals surface area contributed by atoms with Crippen LogP contribution in [0.2, 0.25) is 0 Å². The zero-order chi connectivity index (χ0) is 25.3. The molecule has 0 heterocycles. The van der Waals surface area contributed by atoms with Crippen LogP contribution in [-0.4, -0.2) is 42.3 Å². The van der Waals surface area contributed by atoms with Crippen molar-refractivity contribution in [2.45, 2.75) is 52.4 Å². The van der Waals surface area contributed by atoms with Gasteiger partial charge in [0, 0.05) is 13.8 Å². The first-order chi connectivity index (χ1) is 16.0. The lowest BCUT2D eigenvalue weighted by Gasteiger charge is -2.22. The standard InChI is InChI=1S/C24H27NO9/c1-14(15(2)31-24(29)34-19-8-6-5-7-9-19)30-23(28)20(25)12-18-10-11-21(32-16(3)26)22(13-18)33-17(4)27/h5-11,13-15,20H,12,25H2,1-4H3/t14-,15-,20-/m0/s1. The van der Waals surface area contributed by atoms with Gasteiger partial charge >= 0.3 is 24.1 Å². The number of rotatable bonds is 9. The van der Waals surface area contributed by atoms with Crippen LogP contribution in [-0.2, 0) is 30.3 Å². The van der Waals surface area contributed by atoms with Gasteiger partial charge in [-0.1, -0.05) is 24.3 Å². The molecular formula is C24H27NO9. The monoisotopic (exact) mass is 473 g/mol. The highest BCUT2D eigenvalue weighted by atomic mass is 16.7. The molecule has 182 valence electrons. The van der Waals surface area contributed by atoms with E-state index in [0.717, 1.165) is 0 Å². The van der Waals surface area contributed by atoms with Crippen LogP contribution in [0, 0.1) is 0 Å². The van der Waals surface area contributed by atoms with E-state index in [2.05, 4.69) is 0 Å². The van der Waals surface area contributed by atoms with E-state index in [0.29, 0.717) is 11.3 Å². The van der Waals surface area contributed by atoms with Gasteiger partial charge in [-0.05, 0) is 50.1 Å². The van der Waals surface area contributed by atoms with Gasteiger partial charge in [0.15, 0.2) is 11.5 Å². The summed E-state index contributed by atoms with van der Waals surface area (Å²) in [6.07, 6.45) is -2.49. The molecular weight excluding hydrogens is 446 g/mol. The van der Waals surface area contributed by atoms with E-state index in [9.17, 15) is 19.2 Å². The lowest BCUT2D eigenvalue weighted by molar-refractivity contribution is -0.155. The highest BCUT2D eigenvalue weighted by Gasteiger charge is 2.25. The Morgan fingerprint density at radius 1 is 0.794 bits per heavy atom. The molecule has 0 aliphatic heterocycles. The molecule has 2 N–H and O–H groups in total. The first kappa shape index (κ1) is 26.3. The number of esters is 3. The fraction of sp³-hybridized carbons (Fsp3) is 0.333. The summed E-state index contributed by atoms with van der Waals surface area (Å²) in [5.74, 6) is -1.52. The van der Waals surface area contributed by atoms with Crippen LogP contribution in [0.3, 0.4) is 0 Å². The van der Waals surface area contributed by atoms with E-state index >= 15 is 0 Å². The SMILES string of the molecule is CC(=O)Oc1ccc(C[C@H](N)C(=O)O[C@@H](C)[C@H](C)OC(=O)Oc2ccccc2)cc1OC(C)=O. The van der Waals surface area contributed by atoms with E-state index < -0.39 is 42.3 Å². The summed E-state index contributed by atoms with van der Waals surface area (Å²) < 4.78 is 25.6. The van der Waals surface area contributed by atoms with Crippen molar-refractivity contribution in [1.82, 2.24) is 0 Å². The van der Waals surface area contributed by atoms with Gasteiger partial charge in [-0.3, -0.25) is 14.4 Å². The number of ether oxygens (including phenoxy) is 5. The molecule has 0 aliphatic rings. The number of benzene rings is 2. The molecule has 0 amide bonds. The molecule has 0 aliphatic carbocycles. The zero-order valence-electron chi connectivity index (χ0n) is 19.3. The summed E-state index contributed by atoms with van der Waals surface area (Å²) in [6, 6.07) is 11.8. The van der Waals surface area contributed by atoms with Gasteiger partial charge in [-0.15, -0.1) is 0 Å². The third-order valence-corrected chi connectivity index (χ3v) is 4.46. The number of hydrogen-bond donors (Lipinski definition) is 1. The fourth-order valence-electron chi connectivity index (χ4n) is 2.71. The molecule has 10 heteroatoms. The Labute approximate surface area is 196 Å². The Morgan fingerprint density at radius 2 is 1.38 bits per heavy atom. The maximum Gasteiger partial charge on any atom is 0.514 e. The minimum absolute atomic E-state index is 0.0214. The molecule has 0 saturated carbocycles. The minimum atomic E-state index is -1.06. The van der Waals surface area contributed by atoms with Crippen molar-refractivity contribution in [3.8, 4) is 17.2 Å².